The van der Waals surface area contributed by atoms with Gasteiger partial charge < -0.3 is 5.32 Å². The predicted molar refractivity (Wildman–Crippen MR) is 62.8 cm³/mol. The number of nitrogens with zero attached hydrogens (tertiary/aromatic N) is 1. The minimum atomic E-state index is 0.939. The summed E-state index contributed by atoms with van der Waals surface area (Å²) in [5.74, 6) is 0.939. The molecule has 0 unspecified atom stereocenters. The molecular formula is C13H20N2. The van der Waals surface area contributed by atoms with Gasteiger partial charge in [-0.2, -0.15) is 0 Å². The van der Waals surface area contributed by atoms with Gasteiger partial charge >= 0.3 is 0 Å². The van der Waals surface area contributed by atoms with Crippen LogP contribution in [0.25, 0.3) is 0 Å². The molecule has 0 saturated heterocycles. The molecule has 1 fully saturated rings. The normalized spacial score (nSPS) is 17.1. The van der Waals surface area contributed by atoms with Gasteiger partial charge in [-0.05, 0) is 37.4 Å². The van der Waals surface area contributed by atoms with Crippen LogP contribution in [0.1, 0.15) is 31.4 Å². The van der Waals surface area contributed by atoms with Crippen LogP contribution in [0.3, 0.4) is 0 Å². The Bertz CT molecular complexity index is 265. The molecule has 0 aliphatic heterocycles. The van der Waals surface area contributed by atoms with Crippen molar-refractivity contribution in [1.82, 2.24) is 10.3 Å². The zero-order valence-electron chi connectivity index (χ0n) is 9.28. The maximum absolute atomic E-state index is 4.31. The van der Waals surface area contributed by atoms with E-state index in [0.29, 0.717) is 0 Å². The molecular weight excluding hydrogens is 184 g/mol. The molecule has 0 aromatic carbocycles. The van der Waals surface area contributed by atoms with E-state index in [9.17, 15) is 0 Å². The van der Waals surface area contributed by atoms with Gasteiger partial charge in [-0.15, -0.1) is 0 Å². The van der Waals surface area contributed by atoms with E-state index < -0.39 is 0 Å². The number of hydrogen-bond donors (Lipinski definition) is 1. The number of pyridine rings is 1. The van der Waals surface area contributed by atoms with Crippen molar-refractivity contribution >= 4 is 0 Å². The molecule has 2 rings (SSSR count). The van der Waals surface area contributed by atoms with Crippen molar-refractivity contribution in [3.05, 3.63) is 30.1 Å². The maximum atomic E-state index is 4.31. The molecule has 0 spiro atoms. The summed E-state index contributed by atoms with van der Waals surface area (Å²) in [7, 11) is 0. The van der Waals surface area contributed by atoms with Gasteiger partial charge in [0.05, 0.1) is 0 Å². The van der Waals surface area contributed by atoms with Crippen molar-refractivity contribution < 1.29 is 0 Å². The van der Waals surface area contributed by atoms with E-state index in [4.69, 9.17) is 0 Å². The Morgan fingerprint density at radius 2 is 2.13 bits per heavy atom. The van der Waals surface area contributed by atoms with Gasteiger partial charge in [0.15, 0.2) is 0 Å². The van der Waals surface area contributed by atoms with Crippen molar-refractivity contribution in [2.75, 3.05) is 13.1 Å². The van der Waals surface area contributed by atoms with Crippen molar-refractivity contribution in [3.8, 4) is 0 Å². The first kappa shape index (κ1) is 10.6. The highest BCUT2D eigenvalue weighted by Crippen LogP contribution is 2.23. The van der Waals surface area contributed by atoms with E-state index in [2.05, 4.69) is 22.4 Å². The zero-order chi connectivity index (χ0) is 10.3. The molecule has 0 radical (unpaired) electrons. The molecule has 82 valence electrons. The van der Waals surface area contributed by atoms with Crippen LogP contribution in [-0.2, 0) is 6.42 Å². The van der Waals surface area contributed by atoms with Crippen LogP contribution in [0, 0.1) is 5.92 Å². The first-order chi connectivity index (χ1) is 7.45. The van der Waals surface area contributed by atoms with Crippen molar-refractivity contribution in [3.63, 3.8) is 0 Å². The van der Waals surface area contributed by atoms with Gasteiger partial charge in [0, 0.05) is 24.9 Å². The highest BCUT2D eigenvalue weighted by Gasteiger charge is 2.13. The SMILES string of the molecule is c1ccc(CCNCC2CCCC2)nc1. The zero-order valence-corrected chi connectivity index (χ0v) is 9.28. The summed E-state index contributed by atoms with van der Waals surface area (Å²) in [6.07, 6.45) is 8.65. The smallest absolute Gasteiger partial charge is 0.0416 e. The molecule has 1 aromatic rings. The second-order valence-electron chi connectivity index (χ2n) is 4.43. The van der Waals surface area contributed by atoms with Gasteiger partial charge in [0.2, 0.25) is 0 Å². The second-order valence-corrected chi connectivity index (χ2v) is 4.43. The fourth-order valence-electron chi connectivity index (χ4n) is 2.28. The largest absolute Gasteiger partial charge is 0.316 e. The Balaban J connectivity index is 1.59. The Kier molecular flexibility index (Phi) is 4.15. The van der Waals surface area contributed by atoms with Crippen molar-refractivity contribution in [1.29, 1.82) is 0 Å². The van der Waals surface area contributed by atoms with E-state index in [0.717, 1.165) is 18.9 Å². The van der Waals surface area contributed by atoms with E-state index in [1.54, 1.807) is 0 Å². The number of rotatable bonds is 5. The molecule has 0 bridgehead atoms. The maximum Gasteiger partial charge on any atom is 0.0416 e. The minimum Gasteiger partial charge on any atom is -0.316 e. The first-order valence-corrected chi connectivity index (χ1v) is 6.06. The highest BCUT2D eigenvalue weighted by atomic mass is 14.9. The van der Waals surface area contributed by atoms with Crippen LogP contribution in [0.5, 0.6) is 0 Å². The summed E-state index contributed by atoms with van der Waals surface area (Å²) in [5, 5.41) is 3.54. The lowest BCUT2D eigenvalue weighted by molar-refractivity contribution is 0.491. The van der Waals surface area contributed by atoms with Crippen LogP contribution >= 0.6 is 0 Å². The molecule has 0 amide bonds. The van der Waals surface area contributed by atoms with Crippen LogP contribution in [-0.4, -0.2) is 18.1 Å². The summed E-state index contributed by atoms with van der Waals surface area (Å²) in [4.78, 5) is 4.31. The third-order valence-corrected chi connectivity index (χ3v) is 3.19. The summed E-state index contributed by atoms with van der Waals surface area (Å²) < 4.78 is 0. The lowest BCUT2D eigenvalue weighted by atomic mass is 10.1. The number of nitrogens with one attached hydrogen (secondary N) is 1. The Labute approximate surface area is 92.1 Å². The van der Waals surface area contributed by atoms with Gasteiger partial charge in [-0.3, -0.25) is 4.98 Å². The second kappa shape index (κ2) is 5.86. The molecule has 1 saturated carbocycles. The summed E-state index contributed by atoms with van der Waals surface area (Å²) >= 11 is 0. The van der Waals surface area contributed by atoms with Crippen LogP contribution in [0.4, 0.5) is 0 Å². The average molecular weight is 204 g/mol. The van der Waals surface area contributed by atoms with Crippen LogP contribution < -0.4 is 5.32 Å². The molecule has 1 aliphatic rings. The predicted octanol–water partition coefficient (Wildman–Crippen LogP) is 2.40. The first-order valence-electron chi connectivity index (χ1n) is 6.06. The van der Waals surface area contributed by atoms with Crippen LogP contribution in [0.15, 0.2) is 24.4 Å². The summed E-state index contributed by atoms with van der Waals surface area (Å²) in [5.41, 5.74) is 1.19. The quantitative estimate of drug-likeness (QED) is 0.745. The van der Waals surface area contributed by atoms with E-state index >= 15 is 0 Å². The lowest BCUT2D eigenvalue weighted by Gasteiger charge is -2.09. The van der Waals surface area contributed by atoms with Gasteiger partial charge in [-0.1, -0.05) is 18.9 Å². The van der Waals surface area contributed by atoms with Gasteiger partial charge in [0.25, 0.3) is 0 Å². The monoisotopic (exact) mass is 204 g/mol. The summed E-state index contributed by atoms with van der Waals surface area (Å²) in [6, 6.07) is 6.12. The molecule has 0 atom stereocenters. The molecule has 2 heteroatoms. The molecule has 1 aromatic heterocycles. The number of aromatic nitrogens is 1. The molecule has 1 N–H and O–H groups in total. The topological polar surface area (TPSA) is 24.9 Å². The lowest BCUT2D eigenvalue weighted by Crippen LogP contribution is -2.23. The molecule has 2 nitrogen and oxygen atoms in total. The Hall–Kier alpha value is -0.890. The third kappa shape index (κ3) is 3.63. The molecule has 15 heavy (non-hydrogen) atoms. The van der Waals surface area contributed by atoms with E-state index in [1.807, 2.05) is 12.3 Å². The van der Waals surface area contributed by atoms with Gasteiger partial charge in [0.1, 0.15) is 0 Å². The fourth-order valence-corrected chi connectivity index (χ4v) is 2.28. The van der Waals surface area contributed by atoms with E-state index in [-0.39, 0.29) is 0 Å². The minimum absolute atomic E-state index is 0.939. The molecule has 1 aliphatic carbocycles. The van der Waals surface area contributed by atoms with Crippen LogP contribution in [0.2, 0.25) is 0 Å². The van der Waals surface area contributed by atoms with Gasteiger partial charge in [-0.25, -0.2) is 0 Å². The van der Waals surface area contributed by atoms with Crippen molar-refractivity contribution in [2.45, 2.75) is 32.1 Å². The fraction of sp³-hybridized carbons (Fsp3) is 0.615. The Morgan fingerprint density at radius 1 is 1.27 bits per heavy atom. The molecule has 1 heterocycles. The van der Waals surface area contributed by atoms with E-state index in [1.165, 1.54) is 37.9 Å². The summed E-state index contributed by atoms with van der Waals surface area (Å²) in [6.45, 7) is 2.26. The third-order valence-electron chi connectivity index (χ3n) is 3.19. The number of hydrogen-bond acceptors (Lipinski definition) is 2. The average Bonchev–Trinajstić information content (AvgIpc) is 2.79. The Morgan fingerprint density at radius 3 is 2.87 bits per heavy atom. The highest BCUT2D eigenvalue weighted by molar-refractivity contribution is 5.03. The standard InChI is InChI=1S/C13H20N2/c1-2-6-12(5-1)11-14-10-8-13-7-3-4-9-15-13/h3-4,7,9,12,14H,1-2,5-6,8,10-11H2. The van der Waals surface area contributed by atoms with Crippen molar-refractivity contribution in [2.24, 2.45) is 5.92 Å².